The van der Waals surface area contributed by atoms with Gasteiger partial charge in [-0.25, -0.2) is 0 Å². The summed E-state index contributed by atoms with van der Waals surface area (Å²) >= 11 is 0. The topological polar surface area (TPSA) is 66.5 Å². The van der Waals surface area contributed by atoms with Crippen LogP contribution >= 0.6 is 0 Å². The van der Waals surface area contributed by atoms with Gasteiger partial charge in [0.1, 0.15) is 0 Å². The number of hydrogen-bond acceptors (Lipinski definition) is 6. The summed E-state index contributed by atoms with van der Waals surface area (Å²) in [6, 6.07) is 0. The molecule has 3 saturated heterocycles. The predicted octanol–water partition coefficient (Wildman–Crippen LogP) is 3.58. The van der Waals surface area contributed by atoms with E-state index in [0.717, 1.165) is 38.5 Å². The van der Waals surface area contributed by atoms with Crippen molar-refractivity contribution in [1.29, 1.82) is 0 Å². The molecule has 0 aromatic heterocycles. The second-order valence-corrected chi connectivity index (χ2v) is 10.2. The van der Waals surface area contributed by atoms with Gasteiger partial charge in [0, 0.05) is 18.3 Å². The van der Waals surface area contributed by atoms with Crippen molar-refractivity contribution in [3.05, 3.63) is 0 Å². The van der Waals surface area contributed by atoms with E-state index < -0.39 is 23.1 Å². The Bertz CT molecular complexity index is 665. The first-order valence-electron chi connectivity index (χ1n) is 10.5. The van der Waals surface area contributed by atoms with Crippen LogP contribution in [0.15, 0.2) is 0 Å². The van der Waals surface area contributed by atoms with Crippen LogP contribution in [0.1, 0.15) is 66.2 Å². The van der Waals surface area contributed by atoms with Crippen molar-refractivity contribution in [3.8, 4) is 0 Å². The molecule has 6 nitrogen and oxygen atoms in total. The largest absolute Gasteiger partial charge is 0.469 e. The van der Waals surface area contributed by atoms with E-state index in [9.17, 15) is 4.79 Å². The second-order valence-electron chi connectivity index (χ2n) is 10.2. The molecule has 5 fully saturated rings. The van der Waals surface area contributed by atoms with E-state index in [1.165, 1.54) is 7.11 Å². The molecule has 2 bridgehead atoms. The molecule has 2 aliphatic carbocycles. The smallest absolute Gasteiger partial charge is 0.311 e. The number of rotatable bonds is 2. The molecule has 5 aliphatic rings. The summed E-state index contributed by atoms with van der Waals surface area (Å²) in [6.45, 7) is 8.70. The summed E-state index contributed by atoms with van der Waals surface area (Å²) in [5.74, 6) is -0.000864. The van der Waals surface area contributed by atoms with Crippen molar-refractivity contribution < 1.29 is 28.8 Å². The molecule has 8 atom stereocenters. The number of methoxy groups -OCH3 is 1. The van der Waals surface area contributed by atoms with Gasteiger partial charge >= 0.3 is 5.97 Å². The van der Waals surface area contributed by atoms with Crippen molar-refractivity contribution in [3.63, 3.8) is 0 Å². The molecule has 0 N–H and O–H groups in total. The lowest BCUT2D eigenvalue weighted by Gasteiger charge is -2.57. The van der Waals surface area contributed by atoms with Gasteiger partial charge in [-0.05, 0) is 43.9 Å². The lowest BCUT2D eigenvalue weighted by Crippen LogP contribution is -2.60. The minimum atomic E-state index is -0.681. The van der Waals surface area contributed by atoms with Crippen LogP contribution in [0.25, 0.3) is 0 Å². The molecule has 0 unspecified atom stereocenters. The first-order chi connectivity index (χ1) is 12.7. The SMILES string of the molecule is COC(=O)[C@]1(C)CCC[C@]2(C)[C@H]3CC[C@]4(C(C)C)OO[C@@H](O4)[C@]34O[C@@H]4C[C@H]21. The number of hydrogen-bond donors (Lipinski definition) is 0. The average molecular weight is 380 g/mol. The molecular formula is C21H32O6. The standard InChI is InChI=1S/C21H32O6/c1-12(2)20-10-7-13-18(3)8-6-9-19(4,16(22)23-5)14(18)11-15-21(13,24-15)17(25-20)26-27-20/h12-15,17H,6-11H2,1-5H3/t13-,14-,15-,17-,18-,19-,20-,21+/m1/s1. The molecule has 152 valence electrons. The molecule has 0 aromatic rings. The Morgan fingerprint density at radius 3 is 2.59 bits per heavy atom. The van der Waals surface area contributed by atoms with Crippen LogP contribution in [0.3, 0.4) is 0 Å². The number of epoxide rings is 1. The van der Waals surface area contributed by atoms with Crippen molar-refractivity contribution in [2.45, 2.75) is 90.0 Å². The Kier molecular flexibility index (Phi) is 3.71. The zero-order valence-electron chi connectivity index (χ0n) is 17.1. The summed E-state index contributed by atoms with van der Waals surface area (Å²) < 4.78 is 18.0. The molecule has 3 heterocycles. The Morgan fingerprint density at radius 1 is 1.11 bits per heavy atom. The molecule has 1 spiro atoms. The van der Waals surface area contributed by atoms with E-state index in [2.05, 4.69) is 27.7 Å². The molecule has 0 amide bonds. The van der Waals surface area contributed by atoms with Crippen LogP contribution in [0, 0.1) is 28.6 Å². The molecule has 3 aliphatic heterocycles. The van der Waals surface area contributed by atoms with E-state index in [0.29, 0.717) is 5.92 Å². The van der Waals surface area contributed by atoms with Crippen molar-refractivity contribution >= 4 is 5.97 Å². The lowest BCUT2D eigenvalue weighted by atomic mass is 9.45. The quantitative estimate of drug-likeness (QED) is 0.414. The summed E-state index contributed by atoms with van der Waals surface area (Å²) in [4.78, 5) is 24.2. The third kappa shape index (κ3) is 2.08. The van der Waals surface area contributed by atoms with Crippen molar-refractivity contribution in [2.75, 3.05) is 7.11 Å². The maximum Gasteiger partial charge on any atom is 0.311 e. The normalized spacial score (nSPS) is 55.9. The highest BCUT2D eigenvalue weighted by atomic mass is 17.3. The Balaban J connectivity index is 1.55. The Morgan fingerprint density at radius 2 is 1.89 bits per heavy atom. The average Bonchev–Trinajstić information content (AvgIpc) is 3.23. The summed E-state index contributed by atoms with van der Waals surface area (Å²) in [7, 11) is 1.51. The van der Waals surface area contributed by atoms with Gasteiger partial charge in [-0.1, -0.05) is 27.2 Å². The van der Waals surface area contributed by atoms with Gasteiger partial charge in [0.15, 0.2) is 5.60 Å². The summed E-state index contributed by atoms with van der Waals surface area (Å²) in [5, 5.41) is 0. The maximum absolute atomic E-state index is 12.8. The molecule has 0 radical (unpaired) electrons. The van der Waals surface area contributed by atoms with Crippen LogP contribution < -0.4 is 0 Å². The van der Waals surface area contributed by atoms with Crippen LogP contribution in [0.5, 0.6) is 0 Å². The molecule has 2 saturated carbocycles. The second kappa shape index (κ2) is 5.47. The predicted molar refractivity (Wildman–Crippen MR) is 95.1 cm³/mol. The highest BCUT2D eigenvalue weighted by Gasteiger charge is 2.80. The van der Waals surface area contributed by atoms with Gasteiger partial charge < -0.3 is 14.2 Å². The fourth-order valence-electron chi connectivity index (χ4n) is 7.22. The van der Waals surface area contributed by atoms with Crippen molar-refractivity contribution in [1.82, 2.24) is 0 Å². The highest BCUT2D eigenvalue weighted by Crippen LogP contribution is 2.72. The van der Waals surface area contributed by atoms with Crippen LogP contribution in [0.2, 0.25) is 0 Å². The Labute approximate surface area is 161 Å². The third-order valence-corrected chi connectivity index (χ3v) is 8.82. The molecule has 0 aromatic carbocycles. The van der Waals surface area contributed by atoms with E-state index >= 15 is 0 Å². The first-order valence-corrected chi connectivity index (χ1v) is 10.5. The fourth-order valence-corrected chi connectivity index (χ4v) is 7.22. The number of fused-ring (bicyclic) bond motifs is 4. The summed E-state index contributed by atoms with van der Waals surface area (Å²) in [5.41, 5.74) is -0.866. The van der Waals surface area contributed by atoms with Gasteiger partial charge in [0.2, 0.25) is 12.1 Å². The van der Waals surface area contributed by atoms with E-state index in [-0.39, 0.29) is 29.3 Å². The number of carbonyl (C=O) groups excluding carboxylic acids is 1. The number of ether oxygens (including phenoxy) is 3. The Hall–Kier alpha value is -0.690. The van der Waals surface area contributed by atoms with Crippen LogP contribution in [-0.2, 0) is 28.8 Å². The van der Waals surface area contributed by atoms with Crippen molar-refractivity contribution in [2.24, 2.45) is 28.6 Å². The highest BCUT2D eigenvalue weighted by molar-refractivity contribution is 5.77. The number of esters is 1. The minimum Gasteiger partial charge on any atom is -0.469 e. The third-order valence-electron chi connectivity index (χ3n) is 8.82. The summed E-state index contributed by atoms with van der Waals surface area (Å²) in [6.07, 6.45) is 5.25. The zero-order valence-corrected chi connectivity index (χ0v) is 17.1. The molecule has 6 heteroatoms. The van der Waals surface area contributed by atoms with Gasteiger partial charge in [0.25, 0.3) is 0 Å². The van der Waals surface area contributed by atoms with E-state index in [1.807, 2.05) is 0 Å². The number of carbonyl (C=O) groups is 1. The first kappa shape index (κ1) is 18.3. The van der Waals surface area contributed by atoms with Gasteiger partial charge in [0.05, 0.1) is 18.6 Å². The van der Waals surface area contributed by atoms with E-state index in [4.69, 9.17) is 24.0 Å². The molecular weight excluding hydrogens is 348 g/mol. The minimum absolute atomic E-state index is 0.00353. The molecule has 5 rings (SSSR count). The van der Waals surface area contributed by atoms with Crippen LogP contribution in [0.4, 0.5) is 0 Å². The van der Waals surface area contributed by atoms with E-state index in [1.54, 1.807) is 0 Å². The monoisotopic (exact) mass is 380 g/mol. The zero-order chi connectivity index (χ0) is 19.2. The van der Waals surface area contributed by atoms with Gasteiger partial charge in [-0.2, -0.15) is 9.78 Å². The lowest BCUT2D eigenvalue weighted by molar-refractivity contribution is -0.356. The fraction of sp³-hybridized carbons (Fsp3) is 0.952. The molecule has 27 heavy (non-hydrogen) atoms. The van der Waals surface area contributed by atoms with Gasteiger partial charge in [-0.3, -0.25) is 4.79 Å². The maximum atomic E-state index is 12.8. The van der Waals surface area contributed by atoms with Gasteiger partial charge in [-0.15, -0.1) is 0 Å². The van der Waals surface area contributed by atoms with Crippen LogP contribution in [-0.4, -0.2) is 36.9 Å².